The van der Waals surface area contributed by atoms with E-state index in [0.717, 1.165) is 16.5 Å². The quantitative estimate of drug-likeness (QED) is 0.420. The second kappa shape index (κ2) is 9.34. The van der Waals surface area contributed by atoms with E-state index in [0.29, 0.717) is 48.6 Å². The van der Waals surface area contributed by atoms with Gasteiger partial charge in [0.1, 0.15) is 23.7 Å². The van der Waals surface area contributed by atoms with Crippen LogP contribution in [0, 0.1) is 17.1 Å². The van der Waals surface area contributed by atoms with Crippen LogP contribution >= 0.6 is 0 Å². The van der Waals surface area contributed by atoms with E-state index in [2.05, 4.69) is 5.10 Å². The Bertz CT molecular complexity index is 1500. The third-order valence-electron chi connectivity index (χ3n) is 6.53. The number of nitrogens with two attached hydrogens (primary N) is 1. The third-order valence-corrected chi connectivity index (χ3v) is 6.53. The number of carbonyl (C=O) groups is 1. The Labute approximate surface area is 206 Å². The Hall–Kier alpha value is -4.39. The molecule has 0 aliphatic heterocycles. The van der Waals surface area contributed by atoms with Gasteiger partial charge in [0.15, 0.2) is 0 Å². The maximum absolute atomic E-state index is 14.7. The predicted molar refractivity (Wildman–Crippen MR) is 131 cm³/mol. The monoisotopic (exact) mass is 488 g/mol. The number of ether oxygens (including phenoxy) is 2. The van der Waals surface area contributed by atoms with Crippen LogP contribution in [0.5, 0.6) is 5.88 Å². The van der Waals surface area contributed by atoms with E-state index in [1.165, 1.54) is 12.1 Å². The highest BCUT2D eigenvalue weighted by Crippen LogP contribution is 2.44. The van der Waals surface area contributed by atoms with Crippen molar-refractivity contribution in [3.05, 3.63) is 54.0 Å². The lowest BCUT2D eigenvalue weighted by atomic mass is 9.99. The maximum atomic E-state index is 14.7. The lowest BCUT2D eigenvalue weighted by Crippen LogP contribution is -2.21. The van der Waals surface area contributed by atoms with Gasteiger partial charge in [0.2, 0.25) is 5.88 Å². The molecule has 0 saturated heterocycles. The highest BCUT2D eigenvalue weighted by Gasteiger charge is 2.33. The second-order valence-electron chi connectivity index (χ2n) is 8.78. The second-order valence-corrected chi connectivity index (χ2v) is 8.78. The Kier molecular flexibility index (Phi) is 6.06. The molecule has 1 fully saturated rings. The summed E-state index contributed by atoms with van der Waals surface area (Å²) in [6.07, 6.45) is 2.57. The SMILES string of the molecule is CCOc1c(-c2ccc3c(cnn3C)c2)c(-c2ccc(C#N)c(F)c2)nn1C1CCC(OC(N)=O)C1. The molecule has 5 rings (SSSR count). The number of nitriles is 1. The van der Waals surface area contributed by atoms with E-state index >= 15 is 0 Å². The number of halogens is 1. The van der Waals surface area contributed by atoms with E-state index in [9.17, 15) is 14.4 Å². The number of primary amides is 1. The van der Waals surface area contributed by atoms with Gasteiger partial charge < -0.3 is 15.2 Å². The summed E-state index contributed by atoms with van der Waals surface area (Å²) in [5.74, 6) is -0.0720. The largest absolute Gasteiger partial charge is 0.478 e. The molecule has 1 saturated carbocycles. The first-order valence-electron chi connectivity index (χ1n) is 11.7. The standard InChI is InChI=1S/C26H25FN6O3/c1-3-35-25-23(15-6-9-22-18(10-15)14-30-32(22)2)24(16-4-5-17(13-28)21(27)11-16)31-33(25)19-7-8-20(12-19)36-26(29)34/h4-6,9-11,14,19-20H,3,7-8,12H2,1-2H3,(H2,29,34). The number of hydrogen-bond donors (Lipinski definition) is 1. The fraction of sp³-hybridized carbons (Fsp3) is 0.308. The number of carbonyl (C=O) groups excluding carboxylic acids is 1. The molecule has 2 unspecified atom stereocenters. The highest BCUT2D eigenvalue weighted by atomic mass is 19.1. The molecule has 4 aromatic rings. The van der Waals surface area contributed by atoms with Gasteiger partial charge in [-0.3, -0.25) is 4.68 Å². The van der Waals surface area contributed by atoms with Gasteiger partial charge in [-0.05, 0) is 49.6 Å². The number of aromatic nitrogens is 4. The minimum Gasteiger partial charge on any atom is -0.478 e. The van der Waals surface area contributed by atoms with Crippen LogP contribution in [0.2, 0.25) is 0 Å². The minimum absolute atomic E-state index is 0.0382. The first kappa shape index (κ1) is 23.4. The normalized spacial score (nSPS) is 17.3. The average Bonchev–Trinajstić information content (AvgIpc) is 3.56. The van der Waals surface area contributed by atoms with Gasteiger partial charge in [-0.15, -0.1) is 0 Å². The summed E-state index contributed by atoms with van der Waals surface area (Å²) in [6, 6.07) is 12.1. The van der Waals surface area contributed by atoms with Crippen LogP contribution < -0.4 is 10.5 Å². The fourth-order valence-electron chi connectivity index (χ4n) is 4.89. The molecule has 9 nitrogen and oxygen atoms in total. The van der Waals surface area contributed by atoms with Crippen molar-refractivity contribution < 1.29 is 18.7 Å². The number of nitrogens with zero attached hydrogens (tertiary/aromatic N) is 5. The zero-order chi connectivity index (χ0) is 25.4. The van der Waals surface area contributed by atoms with Crippen LogP contribution in [0.3, 0.4) is 0 Å². The lowest BCUT2D eigenvalue weighted by molar-refractivity contribution is 0.107. The molecule has 2 aromatic carbocycles. The van der Waals surface area contributed by atoms with Gasteiger partial charge in [0, 0.05) is 24.4 Å². The molecule has 2 heterocycles. The summed E-state index contributed by atoms with van der Waals surface area (Å²) in [6.45, 7) is 2.28. The van der Waals surface area contributed by atoms with E-state index in [1.54, 1.807) is 16.9 Å². The van der Waals surface area contributed by atoms with E-state index < -0.39 is 11.9 Å². The van der Waals surface area contributed by atoms with Crippen molar-refractivity contribution in [3.8, 4) is 34.3 Å². The number of rotatable bonds is 6. The number of hydrogen-bond acceptors (Lipinski definition) is 6. The zero-order valence-electron chi connectivity index (χ0n) is 19.9. The molecule has 1 aliphatic rings. The number of fused-ring (bicyclic) bond motifs is 1. The molecular weight excluding hydrogens is 463 g/mol. The molecule has 2 aromatic heterocycles. The molecule has 10 heteroatoms. The third kappa shape index (κ3) is 4.13. The topological polar surface area (TPSA) is 121 Å². The number of amides is 1. The summed E-state index contributed by atoms with van der Waals surface area (Å²) < 4.78 is 29.6. The van der Waals surface area contributed by atoms with Gasteiger partial charge in [-0.25, -0.2) is 13.9 Å². The smallest absolute Gasteiger partial charge is 0.404 e. The first-order valence-corrected chi connectivity index (χ1v) is 11.7. The number of aryl methyl sites for hydroxylation is 1. The Balaban J connectivity index is 1.69. The molecule has 0 radical (unpaired) electrons. The summed E-state index contributed by atoms with van der Waals surface area (Å²) in [4.78, 5) is 11.3. The van der Waals surface area contributed by atoms with Gasteiger partial charge in [-0.2, -0.15) is 15.5 Å². The van der Waals surface area contributed by atoms with Crippen molar-refractivity contribution in [3.63, 3.8) is 0 Å². The van der Waals surface area contributed by atoms with Crippen molar-refractivity contribution in [2.45, 2.75) is 38.3 Å². The van der Waals surface area contributed by atoms with Crippen LogP contribution in [0.15, 0.2) is 42.6 Å². The van der Waals surface area contributed by atoms with Crippen molar-refractivity contribution >= 4 is 17.0 Å². The first-order chi connectivity index (χ1) is 17.4. The van der Waals surface area contributed by atoms with Crippen LogP contribution in [-0.2, 0) is 11.8 Å². The molecule has 1 amide bonds. The fourth-order valence-corrected chi connectivity index (χ4v) is 4.89. The van der Waals surface area contributed by atoms with Gasteiger partial charge in [0.25, 0.3) is 0 Å². The van der Waals surface area contributed by atoms with Crippen LogP contribution in [0.1, 0.15) is 37.8 Å². The van der Waals surface area contributed by atoms with Crippen molar-refractivity contribution in [2.75, 3.05) is 6.61 Å². The van der Waals surface area contributed by atoms with Crippen molar-refractivity contribution in [1.82, 2.24) is 19.6 Å². The number of benzene rings is 2. The summed E-state index contributed by atoms with van der Waals surface area (Å²) in [5.41, 5.74) is 8.77. The molecule has 36 heavy (non-hydrogen) atoms. The van der Waals surface area contributed by atoms with Gasteiger partial charge in [0.05, 0.1) is 35.5 Å². The molecular formula is C26H25FN6O3. The Morgan fingerprint density at radius 3 is 2.78 bits per heavy atom. The van der Waals surface area contributed by atoms with Gasteiger partial charge >= 0.3 is 6.09 Å². The Morgan fingerprint density at radius 1 is 1.25 bits per heavy atom. The van der Waals surface area contributed by atoms with Crippen LogP contribution in [-0.4, -0.2) is 38.4 Å². The summed E-state index contributed by atoms with van der Waals surface area (Å²) in [5, 5.41) is 19.4. The molecule has 184 valence electrons. The molecule has 0 spiro atoms. The molecule has 1 aliphatic carbocycles. The Morgan fingerprint density at radius 2 is 2.06 bits per heavy atom. The predicted octanol–water partition coefficient (Wildman–Crippen LogP) is 4.70. The summed E-state index contributed by atoms with van der Waals surface area (Å²) >= 11 is 0. The van der Waals surface area contributed by atoms with Gasteiger partial charge in [-0.1, -0.05) is 12.1 Å². The zero-order valence-corrected chi connectivity index (χ0v) is 19.9. The maximum Gasteiger partial charge on any atom is 0.404 e. The summed E-state index contributed by atoms with van der Waals surface area (Å²) in [7, 11) is 1.88. The van der Waals surface area contributed by atoms with E-state index in [1.807, 2.05) is 42.9 Å². The average molecular weight is 489 g/mol. The van der Waals surface area contributed by atoms with E-state index in [-0.39, 0.29) is 17.7 Å². The van der Waals surface area contributed by atoms with Crippen molar-refractivity contribution in [2.24, 2.45) is 12.8 Å². The lowest BCUT2D eigenvalue weighted by Gasteiger charge is -2.16. The van der Waals surface area contributed by atoms with E-state index in [4.69, 9.17) is 20.3 Å². The molecule has 0 bridgehead atoms. The minimum atomic E-state index is -0.801. The van der Waals surface area contributed by atoms with Crippen LogP contribution in [0.4, 0.5) is 9.18 Å². The molecule has 2 atom stereocenters. The van der Waals surface area contributed by atoms with Crippen LogP contribution in [0.25, 0.3) is 33.3 Å². The van der Waals surface area contributed by atoms with Crippen molar-refractivity contribution in [1.29, 1.82) is 5.26 Å². The molecule has 2 N–H and O–H groups in total. The highest BCUT2D eigenvalue weighted by molar-refractivity contribution is 5.91.